The van der Waals surface area contributed by atoms with Crippen molar-refractivity contribution in [2.75, 3.05) is 13.6 Å². The maximum absolute atomic E-state index is 11.9. The predicted octanol–water partition coefficient (Wildman–Crippen LogP) is 0.806. The minimum atomic E-state index is -3.65. The van der Waals surface area contributed by atoms with E-state index < -0.39 is 10.0 Å². The highest BCUT2D eigenvalue weighted by Crippen LogP contribution is 2.29. The summed E-state index contributed by atoms with van der Waals surface area (Å²) in [6.07, 6.45) is 2.64. The lowest BCUT2D eigenvalue weighted by Gasteiger charge is -2.15. The molecule has 0 saturated heterocycles. The van der Waals surface area contributed by atoms with Gasteiger partial charge in [-0.25, -0.2) is 13.6 Å². The standard InChI is InChI=1S/C11H16N2O3S2/c1-13(7-8-2-3-8)10(14)6-9-4-5-11(17-9)18(12,15)16/h4-5,8H,2-3,6-7H2,1H3,(H2,12,15,16). The summed E-state index contributed by atoms with van der Waals surface area (Å²) in [5, 5.41) is 5.02. The largest absolute Gasteiger partial charge is 0.345 e. The topological polar surface area (TPSA) is 80.5 Å². The fraction of sp³-hybridized carbons (Fsp3) is 0.545. The number of thiophene rings is 1. The van der Waals surface area contributed by atoms with Gasteiger partial charge in [-0.2, -0.15) is 0 Å². The number of primary sulfonamides is 1. The maximum atomic E-state index is 11.9. The number of nitrogens with zero attached hydrogens (tertiary/aromatic N) is 1. The number of likely N-dealkylation sites (N-methyl/N-ethyl adjacent to an activating group) is 1. The first kappa shape index (κ1) is 13.5. The number of hydrogen-bond acceptors (Lipinski definition) is 4. The van der Waals surface area contributed by atoms with Crippen LogP contribution in [0, 0.1) is 5.92 Å². The Kier molecular flexibility index (Phi) is 3.74. The van der Waals surface area contributed by atoms with Gasteiger partial charge in [-0.3, -0.25) is 4.79 Å². The molecule has 2 rings (SSSR count). The van der Waals surface area contributed by atoms with E-state index in [1.807, 2.05) is 0 Å². The number of rotatable bonds is 5. The van der Waals surface area contributed by atoms with Gasteiger partial charge in [-0.05, 0) is 30.9 Å². The molecule has 18 heavy (non-hydrogen) atoms. The Hall–Kier alpha value is -0.920. The third kappa shape index (κ3) is 3.54. The summed E-state index contributed by atoms with van der Waals surface area (Å²) >= 11 is 1.06. The van der Waals surface area contributed by atoms with Crippen molar-refractivity contribution in [3.63, 3.8) is 0 Å². The molecule has 1 aromatic rings. The quantitative estimate of drug-likeness (QED) is 0.870. The third-order valence-electron chi connectivity index (χ3n) is 2.90. The zero-order valence-electron chi connectivity index (χ0n) is 10.1. The highest BCUT2D eigenvalue weighted by Gasteiger charge is 2.25. The van der Waals surface area contributed by atoms with Gasteiger partial charge in [-0.15, -0.1) is 11.3 Å². The van der Waals surface area contributed by atoms with Gasteiger partial charge in [0, 0.05) is 18.5 Å². The molecule has 100 valence electrons. The normalized spacial score (nSPS) is 15.7. The Labute approximate surface area is 111 Å². The fourth-order valence-corrected chi connectivity index (χ4v) is 3.45. The van der Waals surface area contributed by atoms with E-state index in [-0.39, 0.29) is 16.5 Å². The fourth-order valence-electron chi connectivity index (χ4n) is 1.68. The van der Waals surface area contributed by atoms with Crippen LogP contribution >= 0.6 is 11.3 Å². The van der Waals surface area contributed by atoms with Crippen LogP contribution in [0.2, 0.25) is 0 Å². The average Bonchev–Trinajstić information content (AvgIpc) is 2.92. The van der Waals surface area contributed by atoms with E-state index in [0.717, 1.165) is 22.8 Å². The Morgan fingerprint density at radius 3 is 2.67 bits per heavy atom. The smallest absolute Gasteiger partial charge is 0.247 e. The van der Waals surface area contributed by atoms with Gasteiger partial charge < -0.3 is 4.90 Å². The second kappa shape index (κ2) is 4.99. The van der Waals surface area contributed by atoms with Gasteiger partial charge in [0.25, 0.3) is 0 Å². The molecule has 7 heteroatoms. The molecule has 1 aromatic heterocycles. The summed E-state index contributed by atoms with van der Waals surface area (Å²) in [7, 11) is -1.87. The monoisotopic (exact) mass is 288 g/mol. The van der Waals surface area contributed by atoms with Crippen LogP contribution in [-0.2, 0) is 21.2 Å². The van der Waals surface area contributed by atoms with Crippen LogP contribution in [0.25, 0.3) is 0 Å². The number of carbonyl (C=O) groups excluding carboxylic acids is 1. The minimum absolute atomic E-state index is 0.0183. The Balaban J connectivity index is 1.96. The Bertz CT molecular complexity index is 546. The van der Waals surface area contributed by atoms with Crippen molar-refractivity contribution < 1.29 is 13.2 Å². The highest BCUT2D eigenvalue weighted by atomic mass is 32.2. The van der Waals surface area contributed by atoms with E-state index in [2.05, 4.69) is 0 Å². The molecular formula is C11H16N2O3S2. The molecule has 0 radical (unpaired) electrons. The first-order chi connectivity index (χ1) is 8.36. The number of sulfonamides is 1. The molecule has 1 amide bonds. The maximum Gasteiger partial charge on any atom is 0.247 e. The molecule has 1 aliphatic rings. The molecular weight excluding hydrogens is 272 g/mol. The number of amides is 1. The van der Waals surface area contributed by atoms with Crippen molar-refractivity contribution in [3.05, 3.63) is 17.0 Å². The van der Waals surface area contributed by atoms with Crippen LogP contribution in [-0.4, -0.2) is 32.8 Å². The van der Waals surface area contributed by atoms with Gasteiger partial charge in [0.05, 0.1) is 6.42 Å². The second-order valence-corrected chi connectivity index (χ2v) is 7.62. The molecule has 0 spiro atoms. The van der Waals surface area contributed by atoms with Crippen molar-refractivity contribution in [2.45, 2.75) is 23.5 Å². The molecule has 5 nitrogen and oxygen atoms in total. The molecule has 2 N–H and O–H groups in total. The number of carbonyl (C=O) groups is 1. The van der Waals surface area contributed by atoms with Crippen LogP contribution in [0.4, 0.5) is 0 Å². The van der Waals surface area contributed by atoms with E-state index in [1.54, 1.807) is 18.0 Å². The van der Waals surface area contributed by atoms with E-state index >= 15 is 0 Å². The van der Waals surface area contributed by atoms with E-state index in [4.69, 9.17) is 5.14 Å². The summed E-state index contributed by atoms with van der Waals surface area (Å²) in [5.74, 6) is 0.673. The summed E-state index contributed by atoms with van der Waals surface area (Å²) < 4.78 is 22.3. The first-order valence-electron chi connectivity index (χ1n) is 5.72. The van der Waals surface area contributed by atoms with Crippen LogP contribution in [0.1, 0.15) is 17.7 Å². The summed E-state index contributed by atoms with van der Waals surface area (Å²) in [4.78, 5) is 14.3. The van der Waals surface area contributed by atoms with Crippen LogP contribution in [0.15, 0.2) is 16.3 Å². The second-order valence-electron chi connectivity index (χ2n) is 4.66. The van der Waals surface area contributed by atoms with Gasteiger partial charge in [-0.1, -0.05) is 0 Å². The third-order valence-corrected chi connectivity index (χ3v) is 5.42. The summed E-state index contributed by atoms with van der Waals surface area (Å²) in [6, 6.07) is 3.09. The SMILES string of the molecule is CN(CC1CC1)C(=O)Cc1ccc(S(N)(=O)=O)s1. The lowest BCUT2D eigenvalue weighted by Crippen LogP contribution is -2.29. The van der Waals surface area contributed by atoms with Gasteiger partial charge in [0.15, 0.2) is 0 Å². The minimum Gasteiger partial charge on any atom is -0.345 e. The van der Waals surface area contributed by atoms with Crippen molar-refractivity contribution >= 4 is 27.3 Å². The summed E-state index contributed by atoms with van der Waals surface area (Å²) in [6.45, 7) is 0.798. The molecule has 0 aliphatic heterocycles. The van der Waals surface area contributed by atoms with Crippen molar-refractivity contribution in [2.24, 2.45) is 11.1 Å². The molecule has 0 unspecified atom stereocenters. The van der Waals surface area contributed by atoms with Gasteiger partial charge in [0.2, 0.25) is 15.9 Å². The van der Waals surface area contributed by atoms with Crippen LogP contribution in [0.5, 0.6) is 0 Å². The summed E-state index contributed by atoms with van der Waals surface area (Å²) in [5.41, 5.74) is 0. The molecule has 1 aliphatic carbocycles. The zero-order valence-corrected chi connectivity index (χ0v) is 11.8. The Morgan fingerprint density at radius 1 is 1.50 bits per heavy atom. The molecule has 1 heterocycles. The van der Waals surface area contributed by atoms with E-state index in [0.29, 0.717) is 5.92 Å². The van der Waals surface area contributed by atoms with E-state index in [1.165, 1.54) is 18.9 Å². The molecule has 0 aromatic carbocycles. The lowest BCUT2D eigenvalue weighted by atomic mass is 10.3. The van der Waals surface area contributed by atoms with Gasteiger partial charge in [0.1, 0.15) is 4.21 Å². The predicted molar refractivity (Wildman–Crippen MR) is 69.8 cm³/mol. The first-order valence-corrected chi connectivity index (χ1v) is 8.08. The van der Waals surface area contributed by atoms with Crippen molar-refractivity contribution in [1.29, 1.82) is 0 Å². The molecule has 1 saturated carbocycles. The van der Waals surface area contributed by atoms with Crippen LogP contribution in [0.3, 0.4) is 0 Å². The zero-order chi connectivity index (χ0) is 13.3. The van der Waals surface area contributed by atoms with Crippen molar-refractivity contribution in [3.8, 4) is 0 Å². The number of hydrogen-bond donors (Lipinski definition) is 1. The number of nitrogens with two attached hydrogens (primary N) is 1. The van der Waals surface area contributed by atoms with Gasteiger partial charge >= 0.3 is 0 Å². The molecule has 1 fully saturated rings. The highest BCUT2D eigenvalue weighted by molar-refractivity contribution is 7.91. The lowest BCUT2D eigenvalue weighted by molar-refractivity contribution is -0.129. The molecule has 0 bridgehead atoms. The van der Waals surface area contributed by atoms with Crippen LogP contribution < -0.4 is 5.14 Å². The Morgan fingerprint density at radius 2 is 2.17 bits per heavy atom. The average molecular weight is 288 g/mol. The van der Waals surface area contributed by atoms with E-state index in [9.17, 15) is 13.2 Å². The molecule has 0 atom stereocenters. The van der Waals surface area contributed by atoms with Crippen molar-refractivity contribution in [1.82, 2.24) is 4.90 Å².